The molecule has 1 aromatic heterocycles. The van der Waals surface area contributed by atoms with Gasteiger partial charge >= 0.3 is 0 Å². The SMILES string of the molecule is Cc1cccc(C)c1-c1cc(OC[C@@H](CC(C)(C)C)N(C(=O)c2cccc(S(=O)O)c2)C2CCC2)nc(N)n1.O.[HH]. The fraction of sp³-hybridized carbons (Fsp3) is 0.433. The number of amides is 1. The number of carbonyl (C=O) groups is 1. The Bertz CT molecular complexity index is 1360. The summed E-state index contributed by atoms with van der Waals surface area (Å²) in [5, 5.41) is 0. The van der Waals surface area contributed by atoms with Crippen molar-refractivity contribution in [1.82, 2.24) is 14.9 Å². The predicted octanol–water partition coefficient (Wildman–Crippen LogP) is 5.22. The molecule has 1 aliphatic carbocycles. The highest BCUT2D eigenvalue weighted by atomic mass is 32.2. The molecule has 0 bridgehead atoms. The fourth-order valence-corrected chi connectivity index (χ4v) is 5.59. The van der Waals surface area contributed by atoms with Crippen LogP contribution < -0.4 is 10.5 Å². The van der Waals surface area contributed by atoms with Gasteiger partial charge in [0.1, 0.15) is 6.61 Å². The van der Waals surface area contributed by atoms with Crippen molar-refractivity contribution in [3.63, 3.8) is 0 Å². The lowest BCUT2D eigenvalue weighted by Gasteiger charge is -2.44. The maximum absolute atomic E-state index is 13.9. The zero-order chi connectivity index (χ0) is 28.3. The van der Waals surface area contributed by atoms with Gasteiger partial charge in [0.2, 0.25) is 11.8 Å². The Balaban J connectivity index is 0.00000294. The molecule has 4 rings (SSSR count). The lowest BCUT2D eigenvalue weighted by molar-refractivity contribution is 0.0244. The number of nitrogens with two attached hydrogens (primary N) is 1. The second kappa shape index (κ2) is 12.9. The van der Waals surface area contributed by atoms with E-state index in [0.717, 1.165) is 36.0 Å². The number of nitrogens with zero attached hydrogens (tertiary/aromatic N) is 3. The molecule has 0 aliphatic heterocycles. The van der Waals surface area contributed by atoms with E-state index in [4.69, 9.17) is 10.5 Å². The number of nitrogen functional groups attached to an aromatic ring is 1. The summed E-state index contributed by atoms with van der Waals surface area (Å²) in [6.07, 6.45) is 3.58. The first-order chi connectivity index (χ1) is 18.4. The molecule has 1 fully saturated rings. The van der Waals surface area contributed by atoms with Gasteiger partial charge in [-0.25, -0.2) is 9.19 Å². The van der Waals surface area contributed by atoms with Crippen molar-refractivity contribution >= 4 is 22.9 Å². The third-order valence-electron chi connectivity index (χ3n) is 7.11. The van der Waals surface area contributed by atoms with Gasteiger partial charge in [0, 0.05) is 24.7 Å². The highest BCUT2D eigenvalue weighted by Gasteiger charge is 2.37. The van der Waals surface area contributed by atoms with Gasteiger partial charge in [-0.3, -0.25) is 4.79 Å². The van der Waals surface area contributed by atoms with Gasteiger partial charge in [0.15, 0.2) is 11.1 Å². The molecule has 1 heterocycles. The summed E-state index contributed by atoms with van der Waals surface area (Å²) in [5.74, 6) is 0.319. The molecule has 218 valence electrons. The Labute approximate surface area is 240 Å². The highest BCUT2D eigenvalue weighted by molar-refractivity contribution is 7.79. The zero-order valence-corrected chi connectivity index (χ0v) is 24.6. The molecular formula is C30H42N4O5S. The predicted molar refractivity (Wildman–Crippen MR) is 160 cm³/mol. The summed E-state index contributed by atoms with van der Waals surface area (Å²) in [7, 11) is 0. The average Bonchev–Trinajstić information content (AvgIpc) is 2.82. The third kappa shape index (κ3) is 7.44. The van der Waals surface area contributed by atoms with E-state index in [1.807, 2.05) is 36.9 Å². The van der Waals surface area contributed by atoms with Crippen molar-refractivity contribution in [3.8, 4) is 17.1 Å². The van der Waals surface area contributed by atoms with E-state index in [1.165, 1.54) is 6.07 Å². The molecule has 1 unspecified atom stereocenters. The molecule has 1 amide bonds. The normalized spacial score (nSPS) is 14.9. The van der Waals surface area contributed by atoms with Crippen LogP contribution in [-0.4, -0.2) is 53.7 Å². The first kappa shape index (κ1) is 31.2. The molecule has 2 atom stereocenters. The molecule has 1 saturated carbocycles. The number of benzene rings is 2. The molecule has 9 nitrogen and oxygen atoms in total. The van der Waals surface area contributed by atoms with Crippen LogP contribution in [-0.2, 0) is 11.1 Å². The number of anilines is 1. The Morgan fingerprint density at radius 3 is 2.38 bits per heavy atom. The van der Waals surface area contributed by atoms with E-state index < -0.39 is 11.1 Å². The van der Waals surface area contributed by atoms with Crippen molar-refractivity contribution in [2.75, 3.05) is 12.3 Å². The summed E-state index contributed by atoms with van der Waals surface area (Å²) in [4.78, 5) is 24.8. The van der Waals surface area contributed by atoms with Crippen LogP contribution in [0.25, 0.3) is 11.3 Å². The largest absolute Gasteiger partial charge is 0.475 e. The molecule has 40 heavy (non-hydrogen) atoms. The third-order valence-corrected chi connectivity index (χ3v) is 7.76. The minimum absolute atomic E-state index is 0. The molecule has 0 saturated heterocycles. The Hall–Kier alpha value is -3.34. The molecular weight excluding hydrogens is 528 g/mol. The quantitative estimate of drug-likeness (QED) is 0.335. The number of rotatable bonds is 9. The van der Waals surface area contributed by atoms with Crippen LogP contribution in [0.1, 0.15) is 69.4 Å². The van der Waals surface area contributed by atoms with E-state index >= 15 is 0 Å². The zero-order valence-electron chi connectivity index (χ0n) is 23.8. The van der Waals surface area contributed by atoms with Gasteiger partial charge in [-0.15, -0.1) is 0 Å². The van der Waals surface area contributed by atoms with Crippen LogP contribution in [0, 0.1) is 19.3 Å². The monoisotopic (exact) mass is 570 g/mol. The van der Waals surface area contributed by atoms with Gasteiger partial charge in [-0.05, 0) is 74.3 Å². The molecule has 3 aromatic rings. The number of aromatic nitrogens is 2. The van der Waals surface area contributed by atoms with Crippen LogP contribution in [0.5, 0.6) is 5.88 Å². The van der Waals surface area contributed by atoms with Crippen molar-refractivity contribution in [1.29, 1.82) is 0 Å². The lowest BCUT2D eigenvalue weighted by Crippen LogP contribution is -2.53. The first-order valence-corrected chi connectivity index (χ1v) is 14.4. The Morgan fingerprint density at radius 1 is 1.15 bits per heavy atom. The lowest BCUT2D eigenvalue weighted by atomic mass is 9.84. The van der Waals surface area contributed by atoms with Crippen molar-refractivity contribution < 1.29 is 25.2 Å². The summed E-state index contributed by atoms with van der Waals surface area (Å²) >= 11 is -2.17. The average molecular weight is 571 g/mol. The summed E-state index contributed by atoms with van der Waals surface area (Å²) in [6.45, 7) is 10.7. The number of carbonyl (C=O) groups excluding carboxylic acids is 1. The topological polar surface area (TPSA) is 150 Å². The van der Waals surface area contributed by atoms with E-state index in [2.05, 4.69) is 30.7 Å². The first-order valence-electron chi connectivity index (χ1n) is 13.3. The second-order valence-electron chi connectivity index (χ2n) is 11.5. The smallest absolute Gasteiger partial charge is 0.254 e. The van der Waals surface area contributed by atoms with Gasteiger partial charge in [-0.2, -0.15) is 4.98 Å². The highest BCUT2D eigenvalue weighted by Crippen LogP contribution is 2.34. The Kier molecular flexibility index (Phi) is 10.0. The molecule has 0 radical (unpaired) electrons. The van der Waals surface area contributed by atoms with E-state index in [1.54, 1.807) is 24.3 Å². The van der Waals surface area contributed by atoms with Gasteiger partial charge in [0.25, 0.3) is 5.91 Å². The van der Waals surface area contributed by atoms with Crippen LogP contribution >= 0.6 is 0 Å². The van der Waals surface area contributed by atoms with Crippen LogP contribution in [0.3, 0.4) is 0 Å². The van der Waals surface area contributed by atoms with Crippen molar-refractivity contribution in [2.45, 2.75) is 77.3 Å². The standard InChI is InChI=1S/C30H38N4O4S.H2O.H2/c1-19-9-6-10-20(2)27(19)25-16-26(33-29(31)32-25)38-18-23(17-30(3,4)5)34(22-12-8-13-22)28(35)21-11-7-14-24(15-21)39(36)37;;/h6-7,9-11,14-16,22-23H,8,12-13,17-18H2,1-5H3,(H,36,37)(H2,31,32,33);1H2;1H/t23-;;/m1../s1. The minimum atomic E-state index is -2.17. The van der Waals surface area contributed by atoms with Crippen LogP contribution in [0.15, 0.2) is 53.4 Å². The fourth-order valence-electron chi connectivity index (χ4n) is 5.17. The minimum Gasteiger partial charge on any atom is -0.475 e. The molecule has 5 N–H and O–H groups in total. The summed E-state index contributed by atoms with van der Waals surface area (Å²) in [6, 6.07) is 14.1. The number of hydrogen-bond acceptors (Lipinski definition) is 6. The second-order valence-corrected chi connectivity index (χ2v) is 12.5. The maximum atomic E-state index is 13.9. The van der Waals surface area contributed by atoms with E-state index in [-0.39, 0.29) is 47.8 Å². The summed E-state index contributed by atoms with van der Waals surface area (Å²) in [5.41, 5.74) is 10.3. The van der Waals surface area contributed by atoms with Crippen molar-refractivity contribution in [3.05, 3.63) is 65.2 Å². The molecule has 10 heteroatoms. The summed E-state index contributed by atoms with van der Waals surface area (Å²) < 4.78 is 27.5. The molecule has 1 aliphatic rings. The van der Waals surface area contributed by atoms with E-state index in [9.17, 15) is 13.6 Å². The maximum Gasteiger partial charge on any atom is 0.254 e. The van der Waals surface area contributed by atoms with Crippen LogP contribution in [0.2, 0.25) is 0 Å². The van der Waals surface area contributed by atoms with E-state index in [0.29, 0.717) is 23.6 Å². The number of ether oxygens (including phenoxy) is 1. The molecule has 2 aromatic carbocycles. The molecule has 0 spiro atoms. The van der Waals surface area contributed by atoms with Gasteiger partial charge in [-0.1, -0.05) is 45.0 Å². The van der Waals surface area contributed by atoms with Gasteiger partial charge in [0.05, 0.1) is 16.6 Å². The number of hydrogen-bond donors (Lipinski definition) is 2. The van der Waals surface area contributed by atoms with Crippen molar-refractivity contribution in [2.24, 2.45) is 5.41 Å². The number of aryl methyl sites for hydroxylation is 2. The van der Waals surface area contributed by atoms with Gasteiger partial charge < -0.3 is 25.4 Å². The van der Waals surface area contributed by atoms with Crippen LogP contribution in [0.4, 0.5) is 5.95 Å². The Morgan fingerprint density at radius 2 is 1.80 bits per heavy atom.